The summed E-state index contributed by atoms with van der Waals surface area (Å²) in [6, 6.07) is 0. The van der Waals surface area contributed by atoms with Crippen LogP contribution in [-0.2, 0) is 6.61 Å². The maximum Gasteiger partial charge on any atom is 0.143 e. The van der Waals surface area contributed by atoms with Gasteiger partial charge in [0.1, 0.15) is 37.1 Å². The Morgan fingerprint density at radius 3 is 1.71 bits per heavy atom. The fraction of sp³-hybridized carbons (Fsp3) is 0.250. The molecule has 0 amide bonds. The van der Waals surface area contributed by atoms with Crippen LogP contribution in [0, 0.1) is 0 Å². The van der Waals surface area contributed by atoms with Crippen LogP contribution in [0.5, 0.6) is 5.75 Å². The summed E-state index contributed by atoms with van der Waals surface area (Å²) in [5.74, 6) is 0.942. The maximum atomic E-state index is 9.27. The molecule has 0 aliphatic heterocycles. The zero-order valence-corrected chi connectivity index (χ0v) is 9.56. The molecular formula is C8H14B4O2. The van der Waals surface area contributed by atoms with E-state index in [0.717, 1.165) is 33.2 Å². The highest BCUT2D eigenvalue weighted by atomic mass is 16.5. The zero-order valence-electron chi connectivity index (χ0n) is 9.56. The Morgan fingerprint density at radius 1 is 1.00 bits per heavy atom. The van der Waals surface area contributed by atoms with Gasteiger partial charge in [-0.1, -0.05) is 21.9 Å². The number of aliphatic hydroxyl groups is 1. The number of methoxy groups -OCH3 is 1. The monoisotopic (exact) mass is 186 g/mol. The summed E-state index contributed by atoms with van der Waals surface area (Å²) in [7, 11) is 9.79. The summed E-state index contributed by atoms with van der Waals surface area (Å²) in [4.78, 5) is 0. The summed E-state index contributed by atoms with van der Waals surface area (Å²) in [5.41, 5.74) is 5.54. The van der Waals surface area contributed by atoms with E-state index in [4.69, 9.17) is 4.74 Å². The summed E-state index contributed by atoms with van der Waals surface area (Å²) >= 11 is 0. The first kappa shape index (κ1) is 11.3. The first-order chi connectivity index (χ1) is 6.54. The molecule has 2 nitrogen and oxygen atoms in total. The molecule has 0 aliphatic rings. The molecule has 0 spiro atoms. The van der Waals surface area contributed by atoms with E-state index in [9.17, 15) is 5.11 Å². The molecule has 0 aromatic heterocycles. The molecule has 0 aliphatic carbocycles. The molecule has 0 unspecified atom stereocenters. The Balaban J connectivity index is 3.55. The molecule has 0 atom stereocenters. The predicted octanol–water partition coefficient (Wildman–Crippen LogP) is -5.78. The minimum Gasteiger partial charge on any atom is -0.498 e. The number of hydrogen-bond donors (Lipinski definition) is 1. The van der Waals surface area contributed by atoms with E-state index in [2.05, 4.69) is 0 Å². The van der Waals surface area contributed by atoms with Gasteiger partial charge in [0.25, 0.3) is 0 Å². The highest BCUT2D eigenvalue weighted by Crippen LogP contribution is 1.99. The molecule has 6 heteroatoms. The molecule has 1 aromatic carbocycles. The van der Waals surface area contributed by atoms with E-state index < -0.39 is 0 Å². The Morgan fingerprint density at radius 2 is 1.43 bits per heavy atom. The van der Waals surface area contributed by atoms with E-state index >= 15 is 0 Å². The lowest BCUT2D eigenvalue weighted by Gasteiger charge is -2.19. The molecule has 0 saturated heterocycles. The second kappa shape index (κ2) is 4.18. The van der Waals surface area contributed by atoms with Crippen LogP contribution < -0.4 is 26.6 Å². The smallest absolute Gasteiger partial charge is 0.143 e. The van der Waals surface area contributed by atoms with Crippen LogP contribution in [0.2, 0.25) is 0 Å². The van der Waals surface area contributed by atoms with Gasteiger partial charge in [0.05, 0.1) is 13.7 Å². The van der Waals surface area contributed by atoms with Crippen molar-refractivity contribution in [2.45, 2.75) is 6.61 Å². The molecule has 1 aromatic rings. The van der Waals surface area contributed by atoms with Crippen molar-refractivity contribution in [3.63, 3.8) is 0 Å². The normalized spacial score (nSPS) is 10.1. The second-order valence-corrected chi connectivity index (χ2v) is 3.67. The van der Waals surface area contributed by atoms with E-state index in [1.165, 1.54) is 0 Å². The van der Waals surface area contributed by atoms with E-state index in [0.29, 0.717) is 0 Å². The second-order valence-electron chi connectivity index (χ2n) is 3.67. The number of rotatable bonds is 2. The van der Waals surface area contributed by atoms with Crippen molar-refractivity contribution in [2.24, 2.45) is 0 Å². The quantitative estimate of drug-likeness (QED) is 0.465. The molecule has 0 heterocycles. The molecule has 14 heavy (non-hydrogen) atoms. The van der Waals surface area contributed by atoms with Gasteiger partial charge in [0, 0.05) is 0 Å². The van der Waals surface area contributed by atoms with Gasteiger partial charge in [-0.25, -0.2) is 0 Å². The topological polar surface area (TPSA) is 29.5 Å². The highest BCUT2D eigenvalue weighted by molar-refractivity contribution is 6.58. The first-order valence-corrected chi connectivity index (χ1v) is 4.78. The zero-order chi connectivity index (χ0) is 10.9. The Hall–Kier alpha value is -0.760. The van der Waals surface area contributed by atoms with Gasteiger partial charge in [0.2, 0.25) is 0 Å². The minimum atomic E-state index is 0.101. The van der Waals surface area contributed by atoms with Gasteiger partial charge in [-0.15, -0.1) is 0 Å². The molecule has 70 valence electrons. The maximum absolute atomic E-state index is 9.27. The van der Waals surface area contributed by atoms with Crippen LogP contribution >= 0.6 is 0 Å². The number of hydrogen-bond acceptors (Lipinski definition) is 2. The van der Waals surface area contributed by atoms with Crippen molar-refractivity contribution in [3.8, 4) is 5.75 Å². The summed E-state index contributed by atoms with van der Waals surface area (Å²) in [6.45, 7) is 0.101. The molecular weight excluding hydrogens is 171 g/mol. The van der Waals surface area contributed by atoms with Crippen LogP contribution in [0.15, 0.2) is 0 Å². The van der Waals surface area contributed by atoms with Crippen molar-refractivity contribution in [3.05, 3.63) is 5.56 Å². The predicted molar refractivity (Wildman–Crippen MR) is 71.6 cm³/mol. The van der Waals surface area contributed by atoms with Crippen LogP contribution in [0.3, 0.4) is 0 Å². The van der Waals surface area contributed by atoms with Gasteiger partial charge < -0.3 is 9.84 Å². The largest absolute Gasteiger partial charge is 0.498 e. The molecule has 1 rings (SSSR count). The van der Waals surface area contributed by atoms with Crippen molar-refractivity contribution in [2.75, 3.05) is 7.11 Å². The van der Waals surface area contributed by atoms with Crippen LogP contribution in [-0.4, -0.2) is 43.6 Å². The van der Waals surface area contributed by atoms with E-state index in [1.807, 2.05) is 31.4 Å². The standard InChI is InChI=1S/C8H14B4O2/c1-14-8-6(11)4(9)3(2-13)5(10)7(8)12/h13H,2,9-12H2,1H3. The lowest BCUT2D eigenvalue weighted by molar-refractivity contribution is 0.284. The number of benzene rings is 1. The summed E-state index contributed by atoms with van der Waals surface area (Å²) in [5, 5.41) is 9.27. The van der Waals surface area contributed by atoms with Gasteiger partial charge in [0.15, 0.2) is 0 Å². The van der Waals surface area contributed by atoms with Crippen molar-refractivity contribution >= 4 is 53.2 Å². The van der Waals surface area contributed by atoms with Gasteiger partial charge in [-0.2, -0.15) is 0 Å². The minimum absolute atomic E-state index is 0.101. The summed E-state index contributed by atoms with van der Waals surface area (Å²) < 4.78 is 5.36. The fourth-order valence-corrected chi connectivity index (χ4v) is 1.90. The summed E-state index contributed by atoms with van der Waals surface area (Å²) in [6.07, 6.45) is 0. The average molecular weight is 185 g/mol. The van der Waals surface area contributed by atoms with Crippen LogP contribution in [0.25, 0.3) is 0 Å². The van der Waals surface area contributed by atoms with Crippen molar-refractivity contribution in [1.82, 2.24) is 0 Å². The van der Waals surface area contributed by atoms with E-state index in [-0.39, 0.29) is 6.61 Å². The number of ether oxygens (including phenoxy) is 1. The molecule has 0 bridgehead atoms. The van der Waals surface area contributed by atoms with E-state index in [1.54, 1.807) is 7.11 Å². The average Bonchev–Trinajstić information content (AvgIpc) is 2.17. The van der Waals surface area contributed by atoms with Crippen LogP contribution in [0.1, 0.15) is 5.56 Å². The van der Waals surface area contributed by atoms with Gasteiger partial charge in [-0.05, 0) is 5.56 Å². The molecule has 0 saturated carbocycles. The van der Waals surface area contributed by atoms with Gasteiger partial charge >= 0.3 is 0 Å². The Bertz CT molecular complexity index is 301. The lowest BCUT2D eigenvalue weighted by atomic mass is 9.66. The first-order valence-electron chi connectivity index (χ1n) is 4.78. The third-order valence-electron chi connectivity index (χ3n) is 3.07. The lowest BCUT2D eigenvalue weighted by Crippen LogP contribution is -2.45. The van der Waals surface area contributed by atoms with Crippen LogP contribution in [0.4, 0.5) is 0 Å². The fourth-order valence-electron chi connectivity index (χ4n) is 1.90. The van der Waals surface area contributed by atoms with Crippen molar-refractivity contribution < 1.29 is 9.84 Å². The Labute approximate surface area is 88.7 Å². The third-order valence-corrected chi connectivity index (χ3v) is 3.07. The van der Waals surface area contributed by atoms with Crippen molar-refractivity contribution in [1.29, 1.82) is 0 Å². The van der Waals surface area contributed by atoms with Gasteiger partial charge in [-0.3, -0.25) is 0 Å². The SMILES string of the molecule is Bc1c(B)c(OC)c(B)c(B)c1CO. The molecule has 0 fully saturated rings. The third kappa shape index (κ3) is 1.59. The number of aliphatic hydroxyl groups excluding tert-OH is 1. The highest BCUT2D eigenvalue weighted by Gasteiger charge is 2.12. The Kier molecular flexibility index (Phi) is 3.38. The molecule has 0 radical (unpaired) electrons. The molecule has 1 N–H and O–H groups in total.